The van der Waals surface area contributed by atoms with Crippen LogP contribution in [0.3, 0.4) is 0 Å². The lowest BCUT2D eigenvalue weighted by Gasteiger charge is -2.20. The fourth-order valence-electron chi connectivity index (χ4n) is 3.09. The first-order valence-electron chi connectivity index (χ1n) is 8.73. The molecule has 2 N–H and O–H groups in total. The molecule has 0 aliphatic carbocycles. The topological polar surface area (TPSA) is 52.6 Å². The van der Waals surface area contributed by atoms with E-state index in [1.807, 2.05) is 30.3 Å². The van der Waals surface area contributed by atoms with E-state index in [2.05, 4.69) is 31.6 Å². The van der Waals surface area contributed by atoms with E-state index in [1.165, 1.54) is 5.56 Å². The molecule has 0 radical (unpaired) electrons. The minimum absolute atomic E-state index is 0.311. The van der Waals surface area contributed by atoms with Crippen molar-refractivity contribution in [1.29, 1.82) is 0 Å². The first-order chi connectivity index (χ1) is 12.7. The molecule has 1 aliphatic heterocycles. The fraction of sp³-hybridized carbons (Fsp3) is 0.368. The van der Waals surface area contributed by atoms with Crippen molar-refractivity contribution in [2.75, 3.05) is 31.6 Å². The lowest BCUT2D eigenvalue weighted by atomic mass is 10.1. The highest BCUT2D eigenvalue weighted by Gasteiger charge is 2.25. The number of nitrogens with one attached hydrogen (secondary N) is 2. The van der Waals surface area contributed by atoms with Gasteiger partial charge in [0.15, 0.2) is 5.96 Å². The summed E-state index contributed by atoms with van der Waals surface area (Å²) in [5.41, 5.74) is 1.21. The Balaban J connectivity index is 1.47. The molecule has 1 aliphatic rings. The Bertz CT molecular complexity index is 765. The van der Waals surface area contributed by atoms with Crippen LogP contribution in [0.15, 0.2) is 47.6 Å². The summed E-state index contributed by atoms with van der Waals surface area (Å²) in [5.74, 6) is 1.66. The van der Waals surface area contributed by atoms with Crippen molar-refractivity contribution < 1.29 is 0 Å². The Morgan fingerprint density at radius 1 is 1.31 bits per heavy atom. The van der Waals surface area contributed by atoms with Crippen LogP contribution in [0.4, 0.5) is 5.82 Å². The average molecular weight is 392 g/mol. The zero-order chi connectivity index (χ0) is 18.4. The molecule has 0 bridgehead atoms. The quantitative estimate of drug-likeness (QED) is 0.605. The molecule has 1 unspecified atom stereocenters. The van der Waals surface area contributed by atoms with E-state index in [9.17, 15) is 0 Å². The Labute approximate surface area is 164 Å². The number of nitrogens with zero attached hydrogens (tertiary/aromatic N) is 3. The number of benzene rings is 1. The van der Waals surface area contributed by atoms with Crippen LogP contribution < -0.4 is 15.5 Å². The van der Waals surface area contributed by atoms with E-state index < -0.39 is 0 Å². The highest BCUT2D eigenvalue weighted by molar-refractivity contribution is 6.33. The van der Waals surface area contributed by atoms with Gasteiger partial charge in [-0.05, 0) is 42.7 Å². The van der Waals surface area contributed by atoms with E-state index in [1.54, 1.807) is 13.2 Å². The van der Waals surface area contributed by atoms with E-state index in [4.69, 9.17) is 23.2 Å². The second-order valence-electron chi connectivity index (χ2n) is 6.26. The number of aliphatic imine (C=N–C) groups is 1. The maximum Gasteiger partial charge on any atom is 0.191 e. The van der Waals surface area contributed by atoms with Gasteiger partial charge >= 0.3 is 0 Å². The summed E-state index contributed by atoms with van der Waals surface area (Å²) in [6.45, 7) is 2.57. The van der Waals surface area contributed by atoms with E-state index >= 15 is 0 Å². The van der Waals surface area contributed by atoms with Crippen LogP contribution in [0, 0.1) is 0 Å². The van der Waals surface area contributed by atoms with Gasteiger partial charge in [0.25, 0.3) is 0 Å². The normalized spacial score (nSPS) is 17.4. The molecule has 2 aromatic rings. The Morgan fingerprint density at radius 3 is 2.96 bits per heavy atom. The monoisotopic (exact) mass is 391 g/mol. The lowest BCUT2D eigenvalue weighted by molar-refractivity contribution is 0.648. The molecule has 3 rings (SSSR count). The molecule has 0 saturated carbocycles. The third-order valence-electron chi connectivity index (χ3n) is 4.39. The van der Waals surface area contributed by atoms with Gasteiger partial charge in [0.2, 0.25) is 0 Å². The van der Waals surface area contributed by atoms with Gasteiger partial charge < -0.3 is 15.5 Å². The molecule has 26 heavy (non-hydrogen) atoms. The standard InChI is InChI=1S/C19H23Cl2N5/c1-22-19(24-10-7-14-4-2-5-15(20)12-14)25-16-8-11-26(13-16)18-17(21)6-3-9-23-18/h2-6,9,12,16H,7-8,10-11,13H2,1H3,(H2,22,24,25). The number of anilines is 1. The zero-order valence-corrected chi connectivity index (χ0v) is 16.3. The number of guanidine groups is 1. The van der Waals surface area contributed by atoms with Crippen LogP contribution >= 0.6 is 23.2 Å². The second-order valence-corrected chi connectivity index (χ2v) is 7.11. The third-order valence-corrected chi connectivity index (χ3v) is 4.92. The van der Waals surface area contributed by atoms with Crippen molar-refractivity contribution >= 4 is 35.0 Å². The van der Waals surface area contributed by atoms with Gasteiger partial charge in [0, 0.05) is 43.9 Å². The van der Waals surface area contributed by atoms with Crippen LogP contribution in [0.1, 0.15) is 12.0 Å². The van der Waals surface area contributed by atoms with Crippen molar-refractivity contribution in [3.05, 3.63) is 58.2 Å². The lowest BCUT2D eigenvalue weighted by Crippen LogP contribution is -2.45. The largest absolute Gasteiger partial charge is 0.356 e. The van der Waals surface area contributed by atoms with Crippen LogP contribution in [0.2, 0.25) is 10.0 Å². The number of aromatic nitrogens is 1. The first kappa shape index (κ1) is 18.8. The number of hydrogen-bond acceptors (Lipinski definition) is 3. The van der Waals surface area contributed by atoms with Crippen LogP contribution in [0.25, 0.3) is 0 Å². The molecule has 1 fully saturated rings. The molecule has 1 saturated heterocycles. The van der Waals surface area contributed by atoms with Crippen molar-refractivity contribution in [2.45, 2.75) is 18.9 Å². The molecule has 1 atom stereocenters. The zero-order valence-electron chi connectivity index (χ0n) is 14.8. The van der Waals surface area contributed by atoms with Crippen molar-refractivity contribution in [3.8, 4) is 0 Å². The third kappa shape index (κ3) is 5.02. The summed E-state index contributed by atoms with van der Waals surface area (Å²) in [6.07, 6.45) is 3.68. The van der Waals surface area contributed by atoms with Gasteiger partial charge in [0.1, 0.15) is 5.82 Å². The van der Waals surface area contributed by atoms with Crippen LogP contribution in [0.5, 0.6) is 0 Å². The summed E-state index contributed by atoms with van der Waals surface area (Å²) in [5, 5.41) is 8.31. The Kier molecular flexibility index (Phi) is 6.58. The molecular formula is C19H23Cl2N5. The maximum absolute atomic E-state index is 6.25. The summed E-state index contributed by atoms with van der Waals surface area (Å²) < 4.78 is 0. The van der Waals surface area contributed by atoms with Gasteiger partial charge in [-0.1, -0.05) is 35.3 Å². The first-order valence-corrected chi connectivity index (χ1v) is 9.48. The summed E-state index contributed by atoms with van der Waals surface area (Å²) in [6, 6.07) is 12.0. The molecule has 1 aromatic carbocycles. The summed E-state index contributed by atoms with van der Waals surface area (Å²) in [4.78, 5) is 10.9. The number of hydrogen-bond donors (Lipinski definition) is 2. The number of halogens is 2. The Hall–Kier alpha value is -1.98. The van der Waals surface area contributed by atoms with E-state index in [0.717, 1.165) is 49.3 Å². The number of rotatable bonds is 5. The molecule has 5 nitrogen and oxygen atoms in total. The molecule has 0 amide bonds. The van der Waals surface area contributed by atoms with Gasteiger partial charge in [-0.15, -0.1) is 0 Å². The smallest absolute Gasteiger partial charge is 0.191 e. The molecule has 2 heterocycles. The molecule has 0 spiro atoms. The van der Waals surface area contributed by atoms with Crippen LogP contribution in [-0.2, 0) is 6.42 Å². The van der Waals surface area contributed by atoms with Crippen molar-refractivity contribution in [1.82, 2.24) is 15.6 Å². The number of pyridine rings is 1. The second kappa shape index (κ2) is 9.10. The molecule has 138 valence electrons. The van der Waals surface area contributed by atoms with Gasteiger partial charge in [-0.2, -0.15) is 0 Å². The fourth-order valence-corrected chi connectivity index (χ4v) is 3.54. The predicted molar refractivity (Wildman–Crippen MR) is 110 cm³/mol. The van der Waals surface area contributed by atoms with E-state index in [-0.39, 0.29) is 0 Å². The maximum atomic E-state index is 6.25. The average Bonchev–Trinajstić information content (AvgIpc) is 3.09. The van der Waals surface area contributed by atoms with E-state index in [0.29, 0.717) is 11.1 Å². The van der Waals surface area contributed by atoms with Gasteiger partial charge in [-0.25, -0.2) is 4.98 Å². The molecule has 1 aromatic heterocycles. The van der Waals surface area contributed by atoms with Crippen molar-refractivity contribution in [3.63, 3.8) is 0 Å². The predicted octanol–water partition coefficient (Wildman–Crippen LogP) is 3.37. The van der Waals surface area contributed by atoms with Gasteiger partial charge in [0.05, 0.1) is 5.02 Å². The highest BCUT2D eigenvalue weighted by Crippen LogP contribution is 2.25. The summed E-state index contributed by atoms with van der Waals surface area (Å²) in [7, 11) is 1.79. The summed E-state index contributed by atoms with van der Waals surface area (Å²) >= 11 is 12.3. The Morgan fingerprint density at radius 2 is 2.19 bits per heavy atom. The SMILES string of the molecule is CN=C(NCCc1cccc(Cl)c1)NC1CCN(c2ncccc2Cl)C1. The van der Waals surface area contributed by atoms with Crippen molar-refractivity contribution in [2.24, 2.45) is 4.99 Å². The minimum atomic E-state index is 0.311. The highest BCUT2D eigenvalue weighted by atomic mass is 35.5. The minimum Gasteiger partial charge on any atom is -0.356 e. The molecule has 7 heteroatoms. The molecular weight excluding hydrogens is 369 g/mol. The van der Waals surface area contributed by atoms with Gasteiger partial charge in [-0.3, -0.25) is 4.99 Å². The van der Waals surface area contributed by atoms with Crippen LogP contribution in [-0.4, -0.2) is 43.7 Å².